The molecule has 0 fully saturated rings. The summed E-state index contributed by atoms with van der Waals surface area (Å²) in [5, 5.41) is 3.60. The van der Waals surface area contributed by atoms with Crippen molar-refractivity contribution < 1.29 is 9.53 Å². The van der Waals surface area contributed by atoms with E-state index in [4.69, 9.17) is 51.8 Å². The van der Waals surface area contributed by atoms with Crippen LogP contribution in [0.15, 0.2) is 30.3 Å². The molecule has 0 heterocycles. The van der Waals surface area contributed by atoms with Crippen LogP contribution in [0.1, 0.15) is 15.9 Å². The molecule has 2 aromatic carbocycles. The summed E-state index contributed by atoms with van der Waals surface area (Å²) in [5.74, 6) is 0.0766. The van der Waals surface area contributed by atoms with Gasteiger partial charge in [0.2, 0.25) is 0 Å². The van der Waals surface area contributed by atoms with Gasteiger partial charge in [0.15, 0.2) is 5.11 Å². The molecule has 0 spiro atoms. The van der Waals surface area contributed by atoms with Crippen molar-refractivity contribution in [3.63, 3.8) is 0 Å². The van der Waals surface area contributed by atoms with E-state index in [1.54, 1.807) is 12.1 Å². The van der Waals surface area contributed by atoms with Crippen molar-refractivity contribution in [2.75, 3.05) is 12.5 Å². The molecule has 5 nitrogen and oxygen atoms in total. The van der Waals surface area contributed by atoms with Crippen molar-refractivity contribution in [2.45, 2.75) is 6.92 Å². The predicted octanol–water partition coefficient (Wildman–Crippen LogP) is 4.60. The highest BCUT2D eigenvalue weighted by Gasteiger charge is 2.15. The number of thiocarbonyl (C=S) groups is 1. The number of hydrazine groups is 1. The highest BCUT2D eigenvalue weighted by molar-refractivity contribution is 7.80. The van der Waals surface area contributed by atoms with E-state index in [1.165, 1.54) is 19.2 Å². The number of anilines is 1. The Morgan fingerprint density at radius 2 is 1.80 bits per heavy atom. The first kappa shape index (κ1) is 19.6. The third-order valence-corrected chi connectivity index (χ3v) is 4.21. The Morgan fingerprint density at radius 1 is 1.16 bits per heavy atom. The number of aryl methyl sites for hydroxylation is 1. The topological polar surface area (TPSA) is 62.4 Å². The second-order valence-corrected chi connectivity index (χ2v) is 6.59. The quantitative estimate of drug-likeness (QED) is 0.500. The van der Waals surface area contributed by atoms with Gasteiger partial charge in [-0.2, -0.15) is 0 Å². The number of hydrogen-bond donors (Lipinski definition) is 3. The maximum atomic E-state index is 12.4. The zero-order valence-electron chi connectivity index (χ0n) is 13.2. The molecule has 2 rings (SSSR count). The van der Waals surface area contributed by atoms with E-state index in [1.807, 2.05) is 13.0 Å². The van der Waals surface area contributed by atoms with Gasteiger partial charge in [0.05, 0.1) is 28.4 Å². The second kappa shape index (κ2) is 8.58. The van der Waals surface area contributed by atoms with Gasteiger partial charge in [-0.15, -0.1) is 0 Å². The van der Waals surface area contributed by atoms with E-state index in [0.717, 1.165) is 5.56 Å². The highest BCUT2D eigenvalue weighted by atomic mass is 35.5. The van der Waals surface area contributed by atoms with Crippen molar-refractivity contribution in [1.82, 2.24) is 10.7 Å². The fraction of sp³-hybridized carbons (Fsp3) is 0.125. The third kappa shape index (κ3) is 4.89. The molecular formula is C16H14Cl3N3O2S. The predicted molar refractivity (Wildman–Crippen MR) is 106 cm³/mol. The normalized spacial score (nSPS) is 10.1. The highest BCUT2D eigenvalue weighted by Crippen LogP contribution is 2.33. The van der Waals surface area contributed by atoms with Crippen LogP contribution in [0, 0.1) is 6.92 Å². The fourth-order valence-corrected chi connectivity index (χ4v) is 3.14. The van der Waals surface area contributed by atoms with E-state index < -0.39 is 5.91 Å². The molecule has 0 radical (unpaired) electrons. The van der Waals surface area contributed by atoms with Gasteiger partial charge in [0.1, 0.15) is 5.75 Å². The van der Waals surface area contributed by atoms with Crippen molar-refractivity contribution in [3.05, 3.63) is 56.5 Å². The maximum absolute atomic E-state index is 12.4. The molecule has 1 amide bonds. The van der Waals surface area contributed by atoms with Gasteiger partial charge in [0.25, 0.3) is 5.91 Å². The summed E-state index contributed by atoms with van der Waals surface area (Å²) in [6.07, 6.45) is 0. The first-order valence-corrected chi connectivity index (χ1v) is 8.53. The summed E-state index contributed by atoms with van der Waals surface area (Å²) in [6, 6.07) is 8.30. The monoisotopic (exact) mass is 417 g/mol. The number of halogens is 3. The molecule has 3 N–H and O–H groups in total. The summed E-state index contributed by atoms with van der Waals surface area (Å²) < 4.78 is 5.26. The summed E-state index contributed by atoms with van der Waals surface area (Å²) in [4.78, 5) is 12.4. The molecule has 2 aromatic rings. The summed E-state index contributed by atoms with van der Waals surface area (Å²) >= 11 is 23.1. The number of carbonyl (C=O) groups excluding carboxylic acids is 1. The lowest BCUT2D eigenvalue weighted by atomic mass is 10.1. The minimum atomic E-state index is -0.409. The van der Waals surface area contributed by atoms with Crippen molar-refractivity contribution in [2.24, 2.45) is 0 Å². The zero-order chi connectivity index (χ0) is 18.6. The first-order chi connectivity index (χ1) is 11.8. The van der Waals surface area contributed by atoms with Crippen LogP contribution in [-0.4, -0.2) is 18.1 Å². The van der Waals surface area contributed by atoms with Gasteiger partial charge in [-0.3, -0.25) is 21.0 Å². The molecule has 0 aliphatic rings. The van der Waals surface area contributed by atoms with Crippen LogP contribution in [0.5, 0.6) is 5.75 Å². The number of nitrogens with one attached hydrogen (secondary N) is 3. The lowest BCUT2D eigenvalue weighted by Gasteiger charge is -2.15. The second-order valence-electron chi connectivity index (χ2n) is 4.93. The Kier molecular flexibility index (Phi) is 6.72. The first-order valence-electron chi connectivity index (χ1n) is 6.99. The van der Waals surface area contributed by atoms with E-state index in [9.17, 15) is 4.79 Å². The molecule has 0 atom stereocenters. The number of benzene rings is 2. The van der Waals surface area contributed by atoms with Gasteiger partial charge >= 0.3 is 0 Å². The van der Waals surface area contributed by atoms with Crippen LogP contribution < -0.4 is 20.9 Å². The maximum Gasteiger partial charge on any atom is 0.261 e. The van der Waals surface area contributed by atoms with Gasteiger partial charge in [-0.05, 0) is 42.9 Å². The van der Waals surface area contributed by atoms with Crippen molar-refractivity contribution >= 4 is 63.7 Å². The van der Waals surface area contributed by atoms with Crippen LogP contribution >= 0.6 is 47.0 Å². The molecule has 9 heteroatoms. The number of methoxy groups -OCH3 is 1. The number of para-hydroxylation sites is 1. The van der Waals surface area contributed by atoms with Crippen LogP contribution in [0.3, 0.4) is 0 Å². The summed E-state index contributed by atoms with van der Waals surface area (Å²) in [7, 11) is 1.50. The molecule has 0 aliphatic carbocycles. The van der Waals surface area contributed by atoms with E-state index >= 15 is 0 Å². The molecule has 0 saturated heterocycles. The zero-order valence-corrected chi connectivity index (χ0v) is 16.3. The minimum absolute atomic E-state index is 0.0376. The Hall–Kier alpha value is -1.73. The van der Waals surface area contributed by atoms with Gasteiger partial charge in [0, 0.05) is 5.02 Å². The SMILES string of the molecule is COc1c(C)cccc1C(=O)NC(=S)NNc1c(Cl)cc(Cl)cc1Cl. The van der Waals surface area contributed by atoms with Crippen molar-refractivity contribution in [1.29, 1.82) is 0 Å². The van der Waals surface area contributed by atoms with Gasteiger partial charge in [-0.25, -0.2) is 0 Å². The number of hydrogen-bond acceptors (Lipinski definition) is 4. The molecule has 0 aromatic heterocycles. The smallest absolute Gasteiger partial charge is 0.261 e. The average Bonchev–Trinajstić information content (AvgIpc) is 2.53. The molecule has 132 valence electrons. The Morgan fingerprint density at radius 3 is 2.40 bits per heavy atom. The molecule has 0 saturated carbocycles. The summed E-state index contributed by atoms with van der Waals surface area (Å²) in [5.41, 5.74) is 6.99. The van der Waals surface area contributed by atoms with Crippen LogP contribution in [0.2, 0.25) is 15.1 Å². The van der Waals surface area contributed by atoms with E-state index in [-0.39, 0.29) is 5.11 Å². The van der Waals surface area contributed by atoms with Crippen molar-refractivity contribution in [3.8, 4) is 5.75 Å². The van der Waals surface area contributed by atoms with E-state index in [0.29, 0.717) is 32.1 Å². The van der Waals surface area contributed by atoms with Crippen LogP contribution in [-0.2, 0) is 0 Å². The molecule has 0 aliphatic heterocycles. The van der Waals surface area contributed by atoms with Gasteiger partial charge < -0.3 is 4.74 Å². The standard InChI is InChI=1S/C16H14Cl3N3O2S/c1-8-4-3-5-10(14(8)24-2)15(23)20-16(25)22-21-13-11(18)6-9(17)7-12(13)19/h3-7,21H,1-2H3,(H2,20,22,23,25). The van der Waals surface area contributed by atoms with E-state index in [2.05, 4.69) is 16.2 Å². The molecular weight excluding hydrogens is 405 g/mol. The Bertz CT molecular complexity index is 807. The molecule has 0 unspecified atom stereocenters. The molecule has 0 bridgehead atoms. The lowest BCUT2D eigenvalue weighted by Crippen LogP contribution is -2.42. The minimum Gasteiger partial charge on any atom is -0.496 e. The fourth-order valence-electron chi connectivity index (χ4n) is 2.08. The van der Waals surface area contributed by atoms with Crippen LogP contribution in [0.25, 0.3) is 0 Å². The summed E-state index contributed by atoms with van der Waals surface area (Å²) in [6.45, 7) is 1.85. The Labute approximate surface area is 165 Å². The number of amides is 1. The van der Waals surface area contributed by atoms with Gasteiger partial charge in [-0.1, -0.05) is 46.9 Å². The number of carbonyl (C=O) groups is 1. The lowest BCUT2D eigenvalue weighted by molar-refractivity contribution is 0.0973. The number of ether oxygens (including phenoxy) is 1. The Balaban J connectivity index is 2.04. The average molecular weight is 419 g/mol. The van der Waals surface area contributed by atoms with Crippen LogP contribution in [0.4, 0.5) is 5.69 Å². The molecule has 25 heavy (non-hydrogen) atoms. The largest absolute Gasteiger partial charge is 0.496 e. The number of rotatable bonds is 4. The third-order valence-electron chi connectivity index (χ3n) is 3.20.